The maximum Gasteiger partial charge on any atom is 0.0129 e. The molecule has 0 aromatic carbocycles. The van der Waals surface area contributed by atoms with E-state index in [0.717, 1.165) is 23.8 Å². The first-order valence-corrected chi connectivity index (χ1v) is 6.25. The molecular weight excluding hydrogens is 172 g/mol. The van der Waals surface area contributed by atoms with E-state index >= 15 is 0 Å². The summed E-state index contributed by atoms with van der Waals surface area (Å²) in [5.41, 5.74) is 6.04. The van der Waals surface area contributed by atoms with Gasteiger partial charge >= 0.3 is 0 Å². The lowest BCUT2D eigenvalue weighted by molar-refractivity contribution is 0.00792. The SMILES string of the molecule is CC(N)C1CC2C3CCN(CC3)C2C1. The number of hydrogen-bond acceptors (Lipinski definition) is 2. The van der Waals surface area contributed by atoms with Crippen LogP contribution in [0.5, 0.6) is 0 Å². The van der Waals surface area contributed by atoms with Crippen molar-refractivity contribution in [1.82, 2.24) is 4.90 Å². The molecule has 3 heterocycles. The summed E-state index contributed by atoms with van der Waals surface area (Å²) in [4.78, 5) is 2.74. The molecule has 0 spiro atoms. The van der Waals surface area contributed by atoms with Gasteiger partial charge in [-0.2, -0.15) is 0 Å². The van der Waals surface area contributed by atoms with E-state index in [4.69, 9.17) is 5.73 Å². The number of fused-ring (bicyclic) bond motifs is 2. The van der Waals surface area contributed by atoms with Gasteiger partial charge in [-0.3, -0.25) is 0 Å². The molecule has 4 rings (SSSR count). The highest BCUT2D eigenvalue weighted by Gasteiger charge is 2.47. The predicted molar refractivity (Wildman–Crippen MR) is 57.9 cm³/mol. The summed E-state index contributed by atoms with van der Waals surface area (Å²) >= 11 is 0. The average molecular weight is 194 g/mol. The van der Waals surface area contributed by atoms with E-state index in [2.05, 4.69) is 11.8 Å². The molecule has 0 radical (unpaired) electrons. The Balaban J connectivity index is 1.77. The molecule has 3 saturated heterocycles. The van der Waals surface area contributed by atoms with Crippen LogP contribution in [0.3, 0.4) is 0 Å². The maximum absolute atomic E-state index is 6.04. The van der Waals surface area contributed by atoms with E-state index in [-0.39, 0.29) is 0 Å². The number of nitrogens with zero attached hydrogens (tertiary/aromatic N) is 1. The van der Waals surface area contributed by atoms with Gasteiger partial charge in [-0.15, -0.1) is 0 Å². The van der Waals surface area contributed by atoms with E-state index < -0.39 is 0 Å². The van der Waals surface area contributed by atoms with Crippen LogP contribution in [0, 0.1) is 17.8 Å². The zero-order valence-corrected chi connectivity index (χ0v) is 9.15. The molecule has 2 bridgehead atoms. The van der Waals surface area contributed by atoms with Crippen LogP contribution in [0.2, 0.25) is 0 Å². The van der Waals surface area contributed by atoms with Gasteiger partial charge in [-0.25, -0.2) is 0 Å². The minimum atomic E-state index is 0.418. The van der Waals surface area contributed by atoms with Crippen LogP contribution in [0.25, 0.3) is 0 Å². The summed E-state index contributed by atoms with van der Waals surface area (Å²) in [7, 11) is 0. The van der Waals surface area contributed by atoms with Crippen molar-refractivity contribution in [3.8, 4) is 0 Å². The van der Waals surface area contributed by atoms with E-state index in [1.807, 2.05) is 0 Å². The normalized spacial score (nSPS) is 53.1. The molecule has 3 aliphatic heterocycles. The third kappa shape index (κ3) is 1.24. The van der Waals surface area contributed by atoms with Gasteiger partial charge < -0.3 is 10.6 Å². The summed E-state index contributed by atoms with van der Waals surface area (Å²) in [5.74, 6) is 2.87. The number of hydrogen-bond donors (Lipinski definition) is 1. The molecule has 4 atom stereocenters. The van der Waals surface area contributed by atoms with Crippen molar-refractivity contribution in [2.75, 3.05) is 13.1 Å². The van der Waals surface area contributed by atoms with Crippen molar-refractivity contribution in [1.29, 1.82) is 0 Å². The molecule has 4 fully saturated rings. The second-order valence-electron chi connectivity index (χ2n) is 5.70. The van der Waals surface area contributed by atoms with Crippen LogP contribution in [-0.2, 0) is 0 Å². The fourth-order valence-corrected chi connectivity index (χ4v) is 4.12. The van der Waals surface area contributed by atoms with E-state index in [1.54, 1.807) is 0 Å². The Kier molecular flexibility index (Phi) is 2.10. The molecule has 4 unspecified atom stereocenters. The predicted octanol–water partition coefficient (Wildman–Crippen LogP) is 1.45. The quantitative estimate of drug-likeness (QED) is 0.684. The highest BCUT2D eigenvalue weighted by molar-refractivity contribution is 5.01. The molecule has 1 aliphatic carbocycles. The van der Waals surface area contributed by atoms with Crippen molar-refractivity contribution in [2.24, 2.45) is 23.5 Å². The van der Waals surface area contributed by atoms with Gasteiger partial charge in [0.25, 0.3) is 0 Å². The summed E-state index contributed by atoms with van der Waals surface area (Å²) in [5, 5.41) is 0. The van der Waals surface area contributed by atoms with Gasteiger partial charge in [0.05, 0.1) is 0 Å². The fraction of sp³-hybridized carbons (Fsp3) is 1.00. The number of rotatable bonds is 1. The Hall–Kier alpha value is -0.0800. The van der Waals surface area contributed by atoms with Gasteiger partial charge in [0.2, 0.25) is 0 Å². The molecule has 14 heavy (non-hydrogen) atoms. The lowest BCUT2D eigenvalue weighted by atomic mass is 9.75. The molecule has 1 saturated carbocycles. The molecular formula is C12H22N2. The van der Waals surface area contributed by atoms with E-state index in [1.165, 1.54) is 38.8 Å². The first-order valence-electron chi connectivity index (χ1n) is 6.25. The zero-order valence-electron chi connectivity index (χ0n) is 9.15. The number of nitrogens with two attached hydrogens (primary N) is 1. The molecule has 4 aliphatic rings. The lowest BCUT2D eigenvalue weighted by Crippen LogP contribution is -2.52. The van der Waals surface area contributed by atoms with Crippen LogP contribution in [0.1, 0.15) is 32.6 Å². The largest absolute Gasteiger partial charge is 0.328 e. The average Bonchev–Trinajstić information content (AvgIpc) is 2.65. The second kappa shape index (κ2) is 3.21. The van der Waals surface area contributed by atoms with Crippen LogP contribution < -0.4 is 5.73 Å². The maximum atomic E-state index is 6.04. The second-order valence-corrected chi connectivity index (χ2v) is 5.70. The van der Waals surface area contributed by atoms with Crippen LogP contribution in [0.4, 0.5) is 0 Å². The fourth-order valence-electron chi connectivity index (χ4n) is 4.12. The molecule has 2 nitrogen and oxygen atoms in total. The van der Waals surface area contributed by atoms with Crippen molar-refractivity contribution < 1.29 is 0 Å². The Labute approximate surface area is 86.8 Å². The number of piperidine rings is 3. The highest BCUT2D eigenvalue weighted by Crippen LogP contribution is 2.48. The monoisotopic (exact) mass is 194 g/mol. The van der Waals surface area contributed by atoms with Gasteiger partial charge in [0.1, 0.15) is 0 Å². The van der Waals surface area contributed by atoms with Crippen molar-refractivity contribution in [3.63, 3.8) is 0 Å². The van der Waals surface area contributed by atoms with Crippen LogP contribution in [0.15, 0.2) is 0 Å². The van der Waals surface area contributed by atoms with Gasteiger partial charge in [0, 0.05) is 12.1 Å². The van der Waals surface area contributed by atoms with Gasteiger partial charge in [-0.1, -0.05) is 0 Å². The summed E-state index contributed by atoms with van der Waals surface area (Å²) in [6.45, 7) is 4.94. The summed E-state index contributed by atoms with van der Waals surface area (Å²) < 4.78 is 0. The van der Waals surface area contributed by atoms with Crippen molar-refractivity contribution in [2.45, 2.75) is 44.7 Å². The van der Waals surface area contributed by atoms with Crippen LogP contribution >= 0.6 is 0 Å². The van der Waals surface area contributed by atoms with Crippen molar-refractivity contribution in [3.05, 3.63) is 0 Å². The first kappa shape index (κ1) is 9.17. The minimum Gasteiger partial charge on any atom is -0.328 e. The standard InChI is InChI=1S/C12H22N2/c1-8(13)10-6-11-9-2-4-14(5-3-9)12(11)7-10/h8-12H,2-7,13H2,1H3. The molecule has 80 valence electrons. The Morgan fingerprint density at radius 3 is 2.50 bits per heavy atom. The van der Waals surface area contributed by atoms with Gasteiger partial charge in [0.15, 0.2) is 0 Å². The molecule has 0 aromatic rings. The zero-order chi connectivity index (χ0) is 9.71. The summed E-state index contributed by atoms with van der Waals surface area (Å²) in [6, 6.07) is 1.33. The molecule has 0 amide bonds. The smallest absolute Gasteiger partial charge is 0.0129 e. The van der Waals surface area contributed by atoms with Crippen LogP contribution in [-0.4, -0.2) is 30.1 Å². The first-order chi connectivity index (χ1) is 6.75. The Morgan fingerprint density at radius 2 is 1.93 bits per heavy atom. The summed E-state index contributed by atoms with van der Waals surface area (Å²) in [6.07, 6.45) is 5.74. The minimum absolute atomic E-state index is 0.418. The Morgan fingerprint density at radius 1 is 1.21 bits per heavy atom. The third-order valence-corrected chi connectivity index (χ3v) is 5.01. The highest BCUT2D eigenvalue weighted by atomic mass is 15.2. The van der Waals surface area contributed by atoms with Crippen molar-refractivity contribution >= 4 is 0 Å². The lowest BCUT2D eigenvalue weighted by Gasteiger charge is -2.48. The topological polar surface area (TPSA) is 29.3 Å². The van der Waals surface area contributed by atoms with E-state index in [0.29, 0.717) is 6.04 Å². The molecule has 2 heteroatoms. The van der Waals surface area contributed by atoms with Gasteiger partial charge in [-0.05, 0) is 63.5 Å². The molecule has 2 N–H and O–H groups in total. The Bertz CT molecular complexity index is 198. The molecule has 0 aromatic heterocycles. The van der Waals surface area contributed by atoms with E-state index in [9.17, 15) is 0 Å². The third-order valence-electron chi connectivity index (χ3n) is 5.01.